The zero-order valence-corrected chi connectivity index (χ0v) is 13.0. The summed E-state index contributed by atoms with van der Waals surface area (Å²) in [4.78, 5) is 0. The van der Waals surface area contributed by atoms with Crippen molar-refractivity contribution in [3.63, 3.8) is 0 Å². The fourth-order valence-corrected chi connectivity index (χ4v) is 4.66. The van der Waals surface area contributed by atoms with Crippen LogP contribution in [0.1, 0.15) is 85.0 Å². The average molecular weight is 250 g/mol. The van der Waals surface area contributed by atoms with E-state index in [1.165, 1.54) is 57.8 Å². The maximum Gasteiger partial charge on any atom is -0.0362 e. The number of rotatable bonds is 4. The van der Waals surface area contributed by atoms with Crippen molar-refractivity contribution in [2.75, 3.05) is 0 Å². The molecule has 0 aromatic heterocycles. The summed E-state index contributed by atoms with van der Waals surface area (Å²) in [6, 6.07) is 0. The van der Waals surface area contributed by atoms with Gasteiger partial charge < -0.3 is 0 Å². The molecule has 2 rings (SSSR count). The fourth-order valence-electron chi connectivity index (χ4n) is 4.66. The minimum atomic E-state index is 0.911. The molecule has 0 bridgehead atoms. The maximum atomic E-state index is 2.48. The summed E-state index contributed by atoms with van der Waals surface area (Å²) in [5, 5.41) is 0. The van der Waals surface area contributed by atoms with Crippen LogP contribution in [-0.2, 0) is 0 Å². The molecule has 0 spiro atoms. The molecule has 2 aliphatic carbocycles. The lowest BCUT2D eigenvalue weighted by atomic mass is 9.67. The van der Waals surface area contributed by atoms with Crippen LogP contribution in [0.15, 0.2) is 0 Å². The molecule has 0 aromatic carbocycles. The van der Waals surface area contributed by atoms with E-state index in [0.29, 0.717) is 0 Å². The van der Waals surface area contributed by atoms with Crippen LogP contribution >= 0.6 is 0 Å². The van der Waals surface area contributed by atoms with E-state index < -0.39 is 0 Å². The highest BCUT2D eigenvalue weighted by atomic mass is 14.4. The van der Waals surface area contributed by atoms with E-state index in [1.807, 2.05) is 0 Å². The lowest BCUT2D eigenvalue weighted by Gasteiger charge is -2.38. The van der Waals surface area contributed by atoms with Gasteiger partial charge >= 0.3 is 0 Å². The van der Waals surface area contributed by atoms with Gasteiger partial charge in [-0.25, -0.2) is 0 Å². The van der Waals surface area contributed by atoms with E-state index in [0.717, 1.165) is 29.6 Å². The zero-order chi connectivity index (χ0) is 13.0. The Bertz CT molecular complexity index is 224. The van der Waals surface area contributed by atoms with Crippen LogP contribution in [0.4, 0.5) is 0 Å². The molecule has 0 amide bonds. The third kappa shape index (κ3) is 4.00. The first-order valence-electron chi connectivity index (χ1n) is 8.66. The quantitative estimate of drug-likeness (QED) is 0.569. The highest BCUT2D eigenvalue weighted by molar-refractivity contribution is 4.81. The summed E-state index contributed by atoms with van der Waals surface area (Å²) in [7, 11) is 0. The monoisotopic (exact) mass is 250 g/mol. The van der Waals surface area contributed by atoms with E-state index in [2.05, 4.69) is 20.8 Å². The van der Waals surface area contributed by atoms with E-state index in [9.17, 15) is 0 Å². The Morgan fingerprint density at radius 1 is 0.889 bits per heavy atom. The maximum absolute atomic E-state index is 2.48. The Kier molecular flexibility index (Phi) is 5.57. The second kappa shape index (κ2) is 6.96. The molecule has 2 fully saturated rings. The molecule has 0 saturated heterocycles. The summed E-state index contributed by atoms with van der Waals surface area (Å²) in [5.41, 5.74) is 0. The van der Waals surface area contributed by atoms with Crippen molar-refractivity contribution in [2.24, 2.45) is 29.6 Å². The van der Waals surface area contributed by atoms with Gasteiger partial charge in [-0.15, -0.1) is 0 Å². The van der Waals surface area contributed by atoms with Crippen molar-refractivity contribution >= 4 is 0 Å². The molecule has 0 aliphatic heterocycles. The van der Waals surface area contributed by atoms with Gasteiger partial charge in [-0.2, -0.15) is 0 Å². The van der Waals surface area contributed by atoms with Gasteiger partial charge in [0, 0.05) is 0 Å². The summed E-state index contributed by atoms with van der Waals surface area (Å²) in [5.74, 6) is 5.08. The van der Waals surface area contributed by atoms with Crippen molar-refractivity contribution in [3.8, 4) is 0 Å². The van der Waals surface area contributed by atoms with Crippen molar-refractivity contribution in [1.82, 2.24) is 0 Å². The Morgan fingerprint density at radius 2 is 1.61 bits per heavy atom. The van der Waals surface area contributed by atoms with Crippen molar-refractivity contribution in [1.29, 1.82) is 0 Å². The number of hydrogen-bond acceptors (Lipinski definition) is 0. The van der Waals surface area contributed by atoms with Crippen LogP contribution in [-0.4, -0.2) is 0 Å². The minimum Gasteiger partial charge on any atom is -0.0625 e. The van der Waals surface area contributed by atoms with Gasteiger partial charge in [0.25, 0.3) is 0 Å². The number of hydrogen-bond donors (Lipinski definition) is 0. The normalized spacial score (nSPS) is 35.0. The SMILES string of the molecule is CC1CCC(C(C)C)C(CCC2CCCCC2)C1. The van der Waals surface area contributed by atoms with Gasteiger partial charge in [-0.1, -0.05) is 65.7 Å². The first-order chi connectivity index (χ1) is 8.66. The largest absolute Gasteiger partial charge is 0.0625 e. The first kappa shape index (κ1) is 14.4. The van der Waals surface area contributed by atoms with E-state index in [1.54, 1.807) is 6.42 Å². The van der Waals surface area contributed by atoms with Crippen LogP contribution < -0.4 is 0 Å². The molecule has 3 unspecified atom stereocenters. The predicted octanol–water partition coefficient (Wildman–Crippen LogP) is 6.06. The van der Waals surface area contributed by atoms with Gasteiger partial charge in [0.1, 0.15) is 0 Å². The molecule has 3 atom stereocenters. The van der Waals surface area contributed by atoms with Crippen LogP contribution in [0.5, 0.6) is 0 Å². The van der Waals surface area contributed by atoms with Crippen LogP contribution in [0, 0.1) is 29.6 Å². The van der Waals surface area contributed by atoms with Gasteiger partial charge in [0.15, 0.2) is 0 Å². The molecule has 106 valence electrons. The Hall–Kier alpha value is 0. The molecular weight excluding hydrogens is 216 g/mol. The molecule has 2 saturated carbocycles. The second-order valence-electron chi connectivity index (χ2n) is 7.67. The Labute approximate surface area is 115 Å². The molecule has 0 nitrogen and oxygen atoms in total. The summed E-state index contributed by atoms with van der Waals surface area (Å²) >= 11 is 0. The van der Waals surface area contributed by atoms with Gasteiger partial charge in [-0.05, 0) is 48.9 Å². The lowest BCUT2D eigenvalue weighted by Crippen LogP contribution is -2.28. The topological polar surface area (TPSA) is 0 Å². The Morgan fingerprint density at radius 3 is 2.28 bits per heavy atom. The van der Waals surface area contributed by atoms with E-state index >= 15 is 0 Å². The fraction of sp³-hybridized carbons (Fsp3) is 1.00. The minimum absolute atomic E-state index is 0.911. The van der Waals surface area contributed by atoms with Crippen LogP contribution in [0.25, 0.3) is 0 Å². The average Bonchev–Trinajstić information content (AvgIpc) is 2.37. The van der Waals surface area contributed by atoms with Gasteiger partial charge in [-0.3, -0.25) is 0 Å². The van der Waals surface area contributed by atoms with E-state index in [-0.39, 0.29) is 0 Å². The zero-order valence-electron chi connectivity index (χ0n) is 13.0. The highest BCUT2D eigenvalue weighted by Gasteiger charge is 2.30. The van der Waals surface area contributed by atoms with Crippen molar-refractivity contribution in [3.05, 3.63) is 0 Å². The second-order valence-corrected chi connectivity index (χ2v) is 7.67. The molecule has 0 aromatic rings. The summed E-state index contributed by atoms with van der Waals surface area (Å²) < 4.78 is 0. The molecular formula is C18H34. The summed E-state index contributed by atoms with van der Waals surface area (Å²) in [6.07, 6.45) is 15.2. The highest BCUT2D eigenvalue weighted by Crippen LogP contribution is 2.41. The first-order valence-corrected chi connectivity index (χ1v) is 8.66. The third-order valence-electron chi connectivity index (χ3n) is 5.83. The van der Waals surface area contributed by atoms with E-state index in [4.69, 9.17) is 0 Å². The lowest BCUT2D eigenvalue weighted by molar-refractivity contribution is 0.126. The molecule has 0 heterocycles. The third-order valence-corrected chi connectivity index (χ3v) is 5.83. The predicted molar refractivity (Wildman–Crippen MR) is 80.6 cm³/mol. The van der Waals surface area contributed by atoms with Gasteiger partial charge in [0.05, 0.1) is 0 Å². The van der Waals surface area contributed by atoms with Crippen LogP contribution in [0.3, 0.4) is 0 Å². The molecule has 0 N–H and O–H groups in total. The molecule has 0 radical (unpaired) electrons. The van der Waals surface area contributed by atoms with Crippen molar-refractivity contribution in [2.45, 2.75) is 85.0 Å². The van der Waals surface area contributed by atoms with Crippen LogP contribution in [0.2, 0.25) is 0 Å². The molecule has 0 heteroatoms. The molecule has 2 aliphatic rings. The molecule has 18 heavy (non-hydrogen) atoms. The van der Waals surface area contributed by atoms with Crippen molar-refractivity contribution < 1.29 is 0 Å². The van der Waals surface area contributed by atoms with Gasteiger partial charge in [0.2, 0.25) is 0 Å². The smallest absolute Gasteiger partial charge is 0.0362 e. The standard InChI is InChI=1S/C18H34/c1-14(2)18-12-9-15(3)13-17(18)11-10-16-7-5-4-6-8-16/h14-18H,4-13H2,1-3H3. The Balaban J connectivity index is 1.80. The summed E-state index contributed by atoms with van der Waals surface area (Å²) in [6.45, 7) is 7.38.